The van der Waals surface area contributed by atoms with Crippen LogP contribution in [0.5, 0.6) is 11.5 Å². The van der Waals surface area contributed by atoms with Crippen molar-refractivity contribution < 1.29 is 37.8 Å². The number of halogens is 1. The summed E-state index contributed by atoms with van der Waals surface area (Å²) in [6.07, 6.45) is 0.624. The van der Waals surface area contributed by atoms with Gasteiger partial charge in [-0.2, -0.15) is 0 Å². The van der Waals surface area contributed by atoms with Crippen molar-refractivity contribution in [3.63, 3.8) is 0 Å². The third-order valence-corrected chi connectivity index (χ3v) is 6.26. The number of Topliss-reactive ketones (excluding diaryl/α,β-unsaturated/α-hetero) is 1. The van der Waals surface area contributed by atoms with Gasteiger partial charge >= 0.3 is 5.97 Å². The first-order valence-corrected chi connectivity index (χ1v) is 12.2. The summed E-state index contributed by atoms with van der Waals surface area (Å²) >= 11 is 0. The summed E-state index contributed by atoms with van der Waals surface area (Å²) in [7, 11) is 3.12. The van der Waals surface area contributed by atoms with E-state index in [1.54, 1.807) is 14.2 Å². The van der Waals surface area contributed by atoms with E-state index in [-0.39, 0.29) is 29.4 Å². The van der Waals surface area contributed by atoms with Crippen LogP contribution in [0, 0.1) is 5.82 Å². The summed E-state index contributed by atoms with van der Waals surface area (Å²) in [4.78, 5) is 51.1. The molecule has 0 radical (unpaired) electrons. The minimum absolute atomic E-state index is 0.0139. The lowest BCUT2D eigenvalue weighted by Gasteiger charge is -2.16. The second kappa shape index (κ2) is 12.3. The van der Waals surface area contributed by atoms with Crippen LogP contribution < -0.4 is 19.7 Å². The predicted octanol–water partition coefficient (Wildman–Crippen LogP) is 3.35. The maximum absolute atomic E-state index is 13.0. The highest BCUT2D eigenvalue weighted by Gasteiger charge is 2.39. The number of hydrogen-bond donors (Lipinski definition) is 1. The highest BCUT2D eigenvalue weighted by atomic mass is 19.1. The van der Waals surface area contributed by atoms with E-state index >= 15 is 0 Å². The van der Waals surface area contributed by atoms with Crippen molar-refractivity contribution in [2.24, 2.45) is 0 Å². The van der Waals surface area contributed by atoms with Gasteiger partial charge in [-0.15, -0.1) is 0 Å². The van der Waals surface area contributed by atoms with Gasteiger partial charge < -0.3 is 19.5 Å². The number of carbonyl (C=O) groups is 4. The Morgan fingerprint density at radius 3 is 2.26 bits per heavy atom. The fraction of sp³-hybridized carbons (Fsp3) is 0.241. The summed E-state index contributed by atoms with van der Waals surface area (Å²) < 4.78 is 28.6. The Labute approximate surface area is 224 Å². The number of hydrogen-bond acceptors (Lipinski definition) is 8. The predicted molar refractivity (Wildman–Crippen MR) is 140 cm³/mol. The van der Waals surface area contributed by atoms with Gasteiger partial charge in [0.1, 0.15) is 5.82 Å². The Balaban J connectivity index is 1.30. The molecular formula is C29H27FN2O7. The molecule has 9 nitrogen and oxygen atoms in total. The lowest BCUT2D eigenvalue weighted by molar-refractivity contribution is -0.121. The van der Waals surface area contributed by atoms with Gasteiger partial charge in [-0.25, -0.2) is 14.1 Å². The van der Waals surface area contributed by atoms with E-state index < -0.39 is 30.2 Å². The number of carbonyl (C=O) groups excluding carboxylic acids is 4. The maximum Gasteiger partial charge on any atom is 0.338 e. The van der Waals surface area contributed by atoms with E-state index in [0.717, 1.165) is 22.6 Å². The molecule has 1 N–H and O–H groups in total. The van der Waals surface area contributed by atoms with Crippen LogP contribution >= 0.6 is 0 Å². The number of rotatable bonds is 11. The molecule has 1 aliphatic rings. The quantitative estimate of drug-likeness (QED) is 0.227. The van der Waals surface area contributed by atoms with Gasteiger partial charge in [0.15, 0.2) is 23.9 Å². The highest BCUT2D eigenvalue weighted by molar-refractivity contribution is 6.22. The Kier molecular flexibility index (Phi) is 8.67. The second-order valence-electron chi connectivity index (χ2n) is 8.77. The highest BCUT2D eigenvalue weighted by Crippen LogP contribution is 2.28. The minimum Gasteiger partial charge on any atom is -0.493 e. The largest absolute Gasteiger partial charge is 0.493 e. The molecule has 0 aromatic heterocycles. The Hall–Kier alpha value is -4.57. The Morgan fingerprint density at radius 1 is 0.923 bits per heavy atom. The molecule has 0 bridgehead atoms. The molecule has 4 rings (SSSR count). The number of nitrogens with one attached hydrogen (secondary N) is 1. The van der Waals surface area contributed by atoms with Crippen LogP contribution in [0.25, 0.3) is 0 Å². The normalized spacial score (nSPS) is 14.8. The molecule has 10 heteroatoms. The van der Waals surface area contributed by atoms with Crippen molar-refractivity contribution in [3.8, 4) is 11.5 Å². The molecule has 0 saturated carbocycles. The summed E-state index contributed by atoms with van der Waals surface area (Å²) in [5, 5.41) is 3.14. The monoisotopic (exact) mass is 534 g/mol. The number of methoxy groups -OCH3 is 2. The lowest BCUT2D eigenvalue weighted by atomic mass is 10.1. The molecule has 0 aliphatic carbocycles. The molecule has 202 valence electrons. The fourth-order valence-corrected chi connectivity index (χ4v) is 4.17. The number of nitrogens with zero attached hydrogens (tertiary/aromatic N) is 1. The summed E-state index contributed by atoms with van der Waals surface area (Å²) in [5.41, 5.74) is 1.68. The van der Waals surface area contributed by atoms with E-state index in [2.05, 4.69) is 5.32 Å². The molecule has 1 heterocycles. The van der Waals surface area contributed by atoms with E-state index in [4.69, 9.17) is 14.2 Å². The second-order valence-corrected chi connectivity index (χ2v) is 8.77. The van der Waals surface area contributed by atoms with Crippen LogP contribution in [0.3, 0.4) is 0 Å². The topological polar surface area (TPSA) is 111 Å². The summed E-state index contributed by atoms with van der Waals surface area (Å²) in [5.74, 6) is -1.20. The zero-order valence-electron chi connectivity index (χ0n) is 21.4. The number of imide groups is 1. The fourth-order valence-electron chi connectivity index (χ4n) is 4.17. The van der Waals surface area contributed by atoms with Crippen LogP contribution in [0.2, 0.25) is 0 Å². The van der Waals surface area contributed by atoms with Crippen LogP contribution in [-0.2, 0) is 20.7 Å². The zero-order chi connectivity index (χ0) is 27.9. The van der Waals surface area contributed by atoms with E-state index in [1.807, 2.05) is 18.2 Å². The minimum atomic E-state index is -0.745. The van der Waals surface area contributed by atoms with Gasteiger partial charge in [-0.3, -0.25) is 14.4 Å². The van der Waals surface area contributed by atoms with Crippen molar-refractivity contribution in [1.29, 1.82) is 0 Å². The van der Waals surface area contributed by atoms with Crippen molar-refractivity contribution in [3.05, 3.63) is 89.2 Å². The van der Waals surface area contributed by atoms with E-state index in [1.165, 1.54) is 36.4 Å². The Morgan fingerprint density at radius 2 is 1.59 bits per heavy atom. The summed E-state index contributed by atoms with van der Waals surface area (Å²) in [6.45, 7) is -0.0413. The molecule has 1 atom stereocenters. The van der Waals surface area contributed by atoms with Crippen molar-refractivity contribution >= 4 is 29.3 Å². The van der Waals surface area contributed by atoms with Gasteiger partial charge in [-0.1, -0.05) is 6.07 Å². The van der Waals surface area contributed by atoms with Crippen LogP contribution in [0.4, 0.5) is 10.1 Å². The molecule has 39 heavy (non-hydrogen) atoms. The third kappa shape index (κ3) is 6.47. The zero-order valence-corrected chi connectivity index (χ0v) is 21.4. The van der Waals surface area contributed by atoms with Gasteiger partial charge in [0.05, 0.1) is 37.9 Å². The first-order valence-electron chi connectivity index (χ1n) is 12.2. The van der Waals surface area contributed by atoms with E-state index in [9.17, 15) is 23.6 Å². The van der Waals surface area contributed by atoms with Gasteiger partial charge in [0, 0.05) is 5.56 Å². The molecule has 0 spiro atoms. The molecule has 3 aromatic carbocycles. The van der Waals surface area contributed by atoms with Gasteiger partial charge in [-0.05, 0) is 79.2 Å². The molecule has 3 aromatic rings. The maximum atomic E-state index is 13.0. The average Bonchev–Trinajstić information content (AvgIpc) is 3.24. The smallest absolute Gasteiger partial charge is 0.338 e. The van der Waals surface area contributed by atoms with Crippen molar-refractivity contribution in [2.75, 3.05) is 32.3 Å². The molecular weight excluding hydrogens is 507 g/mol. The van der Waals surface area contributed by atoms with Gasteiger partial charge in [0.2, 0.25) is 5.91 Å². The van der Waals surface area contributed by atoms with E-state index in [0.29, 0.717) is 30.2 Å². The number of amides is 2. The molecule has 1 saturated heterocycles. The standard InChI is InChI=1S/C29H27FN2O7/c1-37-25-12-3-18(15-26(25)38-2)13-14-31-23-16-27(34)32(28(23)35)22-10-6-20(7-11-22)29(36)39-17-24(33)19-4-8-21(30)9-5-19/h3-12,15,23,31H,13-14,16-17H2,1-2H3. The molecule has 1 fully saturated rings. The number of benzene rings is 3. The Bertz CT molecular complexity index is 1370. The first kappa shape index (κ1) is 27.5. The van der Waals surface area contributed by atoms with Crippen LogP contribution in [0.15, 0.2) is 66.7 Å². The van der Waals surface area contributed by atoms with Crippen LogP contribution in [0.1, 0.15) is 32.7 Å². The summed E-state index contributed by atoms with van der Waals surface area (Å²) in [6, 6.07) is 15.6. The molecule has 1 aliphatic heterocycles. The number of esters is 1. The number of anilines is 1. The number of ether oxygens (including phenoxy) is 3. The lowest BCUT2D eigenvalue weighted by Crippen LogP contribution is -2.39. The average molecular weight is 535 g/mol. The van der Waals surface area contributed by atoms with Gasteiger partial charge in [0.25, 0.3) is 5.91 Å². The SMILES string of the molecule is COc1ccc(CCNC2CC(=O)N(c3ccc(C(=O)OCC(=O)c4ccc(F)cc4)cc3)C2=O)cc1OC. The third-order valence-electron chi connectivity index (χ3n) is 6.26. The number of ketones is 1. The first-order chi connectivity index (χ1) is 18.8. The van der Waals surface area contributed by atoms with Crippen LogP contribution in [-0.4, -0.2) is 57.0 Å². The van der Waals surface area contributed by atoms with Crippen molar-refractivity contribution in [2.45, 2.75) is 18.9 Å². The molecule has 1 unspecified atom stereocenters. The van der Waals surface area contributed by atoms with Crippen molar-refractivity contribution in [1.82, 2.24) is 5.32 Å². The molecule has 2 amide bonds.